The van der Waals surface area contributed by atoms with Gasteiger partial charge in [-0.15, -0.1) is 10.8 Å². The molecule has 2 unspecified atom stereocenters. The molecule has 0 spiro atoms. The van der Waals surface area contributed by atoms with E-state index in [2.05, 4.69) is 74.4 Å². The van der Waals surface area contributed by atoms with Crippen LogP contribution in [0, 0.1) is 12.8 Å². The van der Waals surface area contributed by atoms with Gasteiger partial charge in [-0.3, -0.25) is 13.0 Å². The van der Waals surface area contributed by atoms with Gasteiger partial charge in [-0.2, -0.15) is 0 Å². The summed E-state index contributed by atoms with van der Waals surface area (Å²) >= 11 is 0. The van der Waals surface area contributed by atoms with E-state index >= 15 is 0 Å². The van der Waals surface area contributed by atoms with Crippen LogP contribution in [0.2, 0.25) is 0 Å². The van der Waals surface area contributed by atoms with Crippen molar-refractivity contribution >= 4 is 36.1 Å². The van der Waals surface area contributed by atoms with Gasteiger partial charge in [0.05, 0.1) is 6.54 Å². The molecule has 0 amide bonds. The molecule has 121 valence electrons. The summed E-state index contributed by atoms with van der Waals surface area (Å²) in [7, 11) is 5.32. The summed E-state index contributed by atoms with van der Waals surface area (Å²) in [6.45, 7) is 5.22. The fraction of sp³-hybridized carbons (Fsp3) is 0.222. The third-order valence-electron chi connectivity index (χ3n) is 4.27. The number of nitrogens with zero attached hydrogens (tertiary/aromatic N) is 2. The van der Waals surface area contributed by atoms with Crippen LogP contribution >= 0.6 is 15.4 Å². The van der Waals surface area contributed by atoms with E-state index in [1.54, 1.807) is 0 Å². The van der Waals surface area contributed by atoms with Crippen molar-refractivity contribution in [1.82, 2.24) is 0 Å². The predicted molar refractivity (Wildman–Crippen MR) is 105 cm³/mol. The van der Waals surface area contributed by atoms with Crippen LogP contribution in [0.25, 0.3) is 0 Å². The molecule has 0 aromatic heterocycles. The van der Waals surface area contributed by atoms with Gasteiger partial charge in [0.15, 0.2) is 0 Å². The Bertz CT molecular complexity index is 847. The Kier molecular flexibility index (Phi) is 6.33. The molecule has 1 fully saturated rings. The second kappa shape index (κ2) is 8.11. The van der Waals surface area contributed by atoms with Gasteiger partial charge in [0.25, 0.3) is 0 Å². The normalized spacial score (nSPS) is 23.0. The molecule has 2 aromatic carbocycles. The Morgan fingerprint density at radius 1 is 1.12 bits per heavy atom. The van der Waals surface area contributed by atoms with Crippen LogP contribution < -0.4 is 4.90 Å². The van der Waals surface area contributed by atoms with Crippen LogP contribution in [0.4, 0.5) is 5.69 Å². The quantitative estimate of drug-likeness (QED) is 0.354. The molecule has 2 nitrogen and oxygen atoms in total. The van der Waals surface area contributed by atoms with E-state index < -0.39 is 0 Å². The molecule has 1 radical (unpaired) electrons. The monoisotopic (exact) mass is 445 g/mol. The first-order chi connectivity index (χ1) is 11.2. The number of rotatable bonds is 2. The average Bonchev–Trinajstić information content (AvgIpc) is 2.91. The molecule has 4 rings (SSSR count). The van der Waals surface area contributed by atoms with E-state index in [0.29, 0.717) is 11.7 Å². The number of hydrogen-bond acceptors (Lipinski definition) is 3. The summed E-state index contributed by atoms with van der Waals surface area (Å²) in [6.07, 6.45) is 0.976. The molecule has 0 saturated carbocycles. The van der Waals surface area contributed by atoms with Crippen LogP contribution in [-0.4, -0.2) is 11.6 Å². The van der Waals surface area contributed by atoms with E-state index in [1.807, 2.05) is 0 Å². The summed E-state index contributed by atoms with van der Waals surface area (Å²) < 4.78 is 0. The predicted octanol–water partition coefficient (Wildman–Crippen LogP) is 5.18. The molecule has 2 aliphatic rings. The van der Waals surface area contributed by atoms with E-state index in [-0.39, 0.29) is 42.0 Å². The first-order valence-corrected chi connectivity index (χ1v) is 11.7. The number of amidine groups is 1. The fourth-order valence-electron chi connectivity index (χ4n) is 3.13. The molecule has 1 saturated heterocycles. The SMILES string of the molecule is [CH2-]C1CC2=NCc3ccccc3N2C1P=[S-](=P)c1ccccc1.[Y]. The maximum atomic E-state index is 4.80. The molecular weight excluding hydrogens is 427 g/mol. The van der Waals surface area contributed by atoms with Gasteiger partial charge in [0.1, 0.15) is 5.84 Å². The van der Waals surface area contributed by atoms with Gasteiger partial charge in [-0.25, -0.2) is 7.36 Å². The molecular formula is C18H18N2P2SY-2. The van der Waals surface area contributed by atoms with Gasteiger partial charge in [-0.05, 0) is 18.1 Å². The number of aliphatic imine (C=N–C) groups is 1. The second-order valence-electron chi connectivity index (χ2n) is 5.81. The summed E-state index contributed by atoms with van der Waals surface area (Å²) in [5, 5.41) is 0. The summed E-state index contributed by atoms with van der Waals surface area (Å²) in [5.41, 5.74) is 2.64. The molecule has 2 atom stereocenters. The van der Waals surface area contributed by atoms with Crippen LogP contribution in [0.3, 0.4) is 0 Å². The van der Waals surface area contributed by atoms with Crippen LogP contribution in [-0.2, 0) is 48.5 Å². The van der Waals surface area contributed by atoms with Crippen molar-refractivity contribution < 1.29 is 32.7 Å². The standard InChI is InChI=1S/C18H18N2P2S.Y/c1-13-11-17-19-12-14-7-5-6-10-16(14)20(17)18(13)22-23(21)15-8-3-2-4-9-15;/h2-10,13,18,21H,1,11-12H2;/q-2;. The zero-order valence-electron chi connectivity index (χ0n) is 13.3. The summed E-state index contributed by atoms with van der Waals surface area (Å²) in [4.78, 5) is 8.57. The first kappa shape index (κ1) is 18.7. The summed E-state index contributed by atoms with van der Waals surface area (Å²) in [6, 6.07) is 19.3. The third kappa shape index (κ3) is 3.57. The van der Waals surface area contributed by atoms with Gasteiger partial charge in [0, 0.05) is 44.2 Å². The molecule has 2 aliphatic heterocycles. The smallest absolute Gasteiger partial charge is 0.102 e. The molecule has 6 heteroatoms. The largest absolute Gasteiger partial charge is 0.396 e. The van der Waals surface area contributed by atoms with Crippen LogP contribution in [0.5, 0.6) is 0 Å². The van der Waals surface area contributed by atoms with E-state index in [1.165, 1.54) is 29.3 Å². The Hall–Kier alpha value is -0.0361. The van der Waals surface area contributed by atoms with E-state index in [9.17, 15) is 0 Å². The molecule has 0 N–H and O–H groups in total. The molecule has 0 bridgehead atoms. The Balaban J connectivity index is 0.00000169. The fourth-order valence-corrected chi connectivity index (χ4v) is 8.07. The topological polar surface area (TPSA) is 15.6 Å². The van der Waals surface area contributed by atoms with Crippen molar-refractivity contribution in [3.8, 4) is 0 Å². The van der Waals surface area contributed by atoms with Crippen LogP contribution in [0.15, 0.2) is 64.5 Å². The van der Waals surface area contributed by atoms with Crippen molar-refractivity contribution in [2.45, 2.75) is 23.6 Å². The molecule has 24 heavy (non-hydrogen) atoms. The maximum Gasteiger partial charge on any atom is 0.102 e. The minimum atomic E-state index is 0. The zero-order chi connectivity index (χ0) is 15.8. The molecule has 2 heterocycles. The Morgan fingerprint density at radius 2 is 1.83 bits per heavy atom. The molecule has 0 aliphatic carbocycles. The van der Waals surface area contributed by atoms with Crippen molar-refractivity contribution in [1.29, 1.82) is 0 Å². The summed E-state index contributed by atoms with van der Waals surface area (Å²) in [5.74, 6) is 1.95. The van der Waals surface area contributed by atoms with Gasteiger partial charge < -0.3 is 21.1 Å². The number of benzene rings is 2. The minimum absolute atomic E-state index is 0. The Morgan fingerprint density at radius 3 is 2.62 bits per heavy atom. The zero-order valence-corrected chi connectivity index (χ0v) is 18.8. The van der Waals surface area contributed by atoms with Gasteiger partial charge in [0.2, 0.25) is 0 Å². The minimum Gasteiger partial charge on any atom is -0.396 e. The van der Waals surface area contributed by atoms with E-state index in [0.717, 1.165) is 13.0 Å². The van der Waals surface area contributed by atoms with Gasteiger partial charge >= 0.3 is 0 Å². The van der Waals surface area contributed by atoms with Crippen LogP contribution in [0.1, 0.15) is 12.0 Å². The first-order valence-electron chi connectivity index (χ1n) is 7.69. The van der Waals surface area contributed by atoms with Crippen molar-refractivity contribution in [3.63, 3.8) is 0 Å². The number of fused-ring (bicyclic) bond motifs is 3. The second-order valence-corrected chi connectivity index (χ2v) is 11.6. The maximum absolute atomic E-state index is 4.80. The Labute approximate surface area is 174 Å². The van der Waals surface area contributed by atoms with Crippen molar-refractivity contribution in [2.24, 2.45) is 10.9 Å². The number of para-hydroxylation sites is 1. The van der Waals surface area contributed by atoms with Crippen molar-refractivity contribution in [2.75, 3.05) is 4.90 Å². The average molecular weight is 445 g/mol. The van der Waals surface area contributed by atoms with Crippen molar-refractivity contribution in [3.05, 3.63) is 67.1 Å². The van der Waals surface area contributed by atoms with E-state index in [4.69, 9.17) is 4.99 Å². The number of anilines is 1. The molecule has 2 aromatic rings. The van der Waals surface area contributed by atoms with Gasteiger partial charge in [-0.1, -0.05) is 48.5 Å². The third-order valence-corrected chi connectivity index (χ3v) is 9.64. The number of hydrogen-bond donors (Lipinski definition) is 0.